The molecule has 0 saturated carbocycles. The van der Waals surface area contributed by atoms with Crippen molar-refractivity contribution in [3.63, 3.8) is 0 Å². The van der Waals surface area contributed by atoms with E-state index in [-0.39, 0.29) is 29.6 Å². The number of sulfonamides is 1. The molecule has 7 nitrogen and oxygen atoms in total. The summed E-state index contributed by atoms with van der Waals surface area (Å²) in [6.07, 6.45) is 0. The van der Waals surface area contributed by atoms with E-state index in [2.05, 4.69) is 9.55 Å². The Hall–Kier alpha value is -2.43. The van der Waals surface area contributed by atoms with Crippen LogP contribution in [0.4, 0.5) is 4.39 Å². The maximum Gasteiger partial charge on any atom is 0.243 e. The van der Waals surface area contributed by atoms with Crippen LogP contribution < -0.4 is 0 Å². The molecule has 0 bridgehead atoms. The molecule has 2 heterocycles. The van der Waals surface area contributed by atoms with E-state index in [0.717, 1.165) is 34.9 Å². The minimum absolute atomic E-state index is 0.0430. The van der Waals surface area contributed by atoms with Crippen molar-refractivity contribution in [1.82, 2.24) is 18.8 Å². The average molecular weight is 463 g/mol. The Balaban J connectivity index is 1.36. The number of aromatic nitrogens is 2. The second kappa shape index (κ2) is 8.97. The van der Waals surface area contributed by atoms with Gasteiger partial charge in [0.05, 0.1) is 21.7 Å². The van der Waals surface area contributed by atoms with Gasteiger partial charge in [-0.05, 0) is 43.3 Å². The van der Waals surface area contributed by atoms with E-state index in [9.17, 15) is 17.6 Å². The van der Waals surface area contributed by atoms with Crippen molar-refractivity contribution in [2.24, 2.45) is 0 Å². The van der Waals surface area contributed by atoms with E-state index >= 15 is 0 Å². The van der Waals surface area contributed by atoms with E-state index in [4.69, 9.17) is 0 Å². The number of halogens is 1. The normalized spacial score (nSPS) is 15.5. The zero-order chi connectivity index (χ0) is 22.0. The number of aryl methyl sites for hydroxylation is 1. The quantitative estimate of drug-likeness (QED) is 0.527. The fourth-order valence-corrected chi connectivity index (χ4v) is 6.02. The number of fused-ring (bicyclic) bond motifs is 1. The molecule has 10 heteroatoms. The Bertz CT molecular complexity index is 1190. The number of thioether (sulfide) groups is 1. The zero-order valence-corrected chi connectivity index (χ0v) is 18.7. The summed E-state index contributed by atoms with van der Waals surface area (Å²) in [6.45, 7) is 3.87. The molecule has 1 fully saturated rings. The topological polar surface area (TPSA) is 75.5 Å². The average Bonchev–Trinajstić information content (AvgIpc) is 3.15. The number of carbonyl (C=O) groups is 1. The zero-order valence-electron chi connectivity index (χ0n) is 17.1. The highest BCUT2D eigenvalue weighted by molar-refractivity contribution is 7.99. The highest BCUT2D eigenvalue weighted by Gasteiger charge is 2.30. The van der Waals surface area contributed by atoms with Crippen LogP contribution in [0.2, 0.25) is 0 Å². The van der Waals surface area contributed by atoms with Crippen molar-refractivity contribution < 1.29 is 17.6 Å². The van der Waals surface area contributed by atoms with Crippen LogP contribution in [0.1, 0.15) is 6.92 Å². The number of benzene rings is 2. The number of piperazine rings is 1. The second-order valence-corrected chi connectivity index (χ2v) is 10.0. The van der Waals surface area contributed by atoms with E-state index in [0.29, 0.717) is 13.1 Å². The predicted molar refractivity (Wildman–Crippen MR) is 118 cm³/mol. The molecule has 3 aromatic rings. The van der Waals surface area contributed by atoms with Crippen molar-refractivity contribution in [2.75, 3.05) is 31.9 Å². The van der Waals surface area contributed by atoms with Gasteiger partial charge in [0.25, 0.3) is 0 Å². The van der Waals surface area contributed by atoms with E-state index in [1.807, 2.05) is 31.2 Å². The highest BCUT2D eigenvalue weighted by Crippen LogP contribution is 2.25. The first kappa shape index (κ1) is 21.8. The Labute approximate surface area is 184 Å². The number of carbonyl (C=O) groups excluding carboxylic acids is 1. The molecule has 0 unspecified atom stereocenters. The van der Waals surface area contributed by atoms with Gasteiger partial charge in [-0.1, -0.05) is 23.9 Å². The summed E-state index contributed by atoms with van der Waals surface area (Å²) in [7, 11) is -3.70. The Kier molecular flexibility index (Phi) is 6.31. The molecular weight excluding hydrogens is 439 g/mol. The maximum absolute atomic E-state index is 13.1. The summed E-state index contributed by atoms with van der Waals surface area (Å²) in [5.41, 5.74) is 1.94. The van der Waals surface area contributed by atoms with Gasteiger partial charge in [0, 0.05) is 32.7 Å². The summed E-state index contributed by atoms with van der Waals surface area (Å²) >= 11 is 1.40. The molecule has 4 rings (SSSR count). The minimum Gasteiger partial charge on any atom is -0.339 e. The van der Waals surface area contributed by atoms with Gasteiger partial charge in [-0.15, -0.1) is 0 Å². The third kappa shape index (κ3) is 4.46. The molecule has 31 heavy (non-hydrogen) atoms. The SMILES string of the molecule is CCn1c(SCC(=O)N2CCN(S(=O)(=O)c3ccc(F)cc3)CC2)nc2ccccc21. The Morgan fingerprint density at radius 2 is 1.74 bits per heavy atom. The van der Waals surface area contributed by atoms with Crippen LogP contribution in [0.15, 0.2) is 58.6 Å². The molecule has 1 aliphatic heterocycles. The molecule has 0 atom stereocenters. The first-order chi connectivity index (χ1) is 14.9. The molecule has 1 aliphatic rings. The molecular formula is C21H23FN4O3S2. The number of imidazole rings is 1. The monoisotopic (exact) mass is 462 g/mol. The molecule has 0 spiro atoms. The maximum atomic E-state index is 13.1. The van der Waals surface area contributed by atoms with Crippen molar-refractivity contribution in [1.29, 1.82) is 0 Å². The first-order valence-corrected chi connectivity index (χ1v) is 12.4. The lowest BCUT2D eigenvalue weighted by Crippen LogP contribution is -2.50. The minimum atomic E-state index is -3.70. The van der Waals surface area contributed by atoms with E-state index in [1.54, 1.807) is 4.90 Å². The third-order valence-electron chi connectivity index (χ3n) is 5.30. The van der Waals surface area contributed by atoms with Gasteiger partial charge in [-0.3, -0.25) is 4.79 Å². The first-order valence-electron chi connectivity index (χ1n) is 10.0. The lowest BCUT2D eigenvalue weighted by Gasteiger charge is -2.34. The van der Waals surface area contributed by atoms with Gasteiger partial charge in [-0.25, -0.2) is 17.8 Å². The van der Waals surface area contributed by atoms with Crippen LogP contribution in [0.3, 0.4) is 0 Å². The molecule has 1 saturated heterocycles. The summed E-state index contributed by atoms with van der Waals surface area (Å²) in [5, 5.41) is 0.801. The van der Waals surface area contributed by atoms with Crippen molar-refractivity contribution >= 4 is 38.7 Å². The number of rotatable bonds is 6. The number of amides is 1. The van der Waals surface area contributed by atoms with E-state index in [1.165, 1.54) is 28.2 Å². The van der Waals surface area contributed by atoms with Gasteiger partial charge < -0.3 is 9.47 Å². The predicted octanol–water partition coefficient (Wildman–Crippen LogP) is 2.82. The van der Waals surface area contributed by atoms with Crippen LogP contribution in [-0.2, 0) is 21.4 Å². The standard InChI is InChI=1S/C21H23FN4O3S2/c1-2-26-19-6-4-3-5-18(19)23-21(26)30-15-20(27)24-11-13-25(14-12-24)31(28,29)17-9-7-16(22)8-10-17/h3-10H,2,11-15H2,1H3. The van der Waals surface area contributed by atoms with Gasteiger partial charge >= 0.3 is 0 Å². The van der Waals surface area contributed by atoms with Gasteiger partial charge in [0.2, 0.25) is 15.9 Å². The second-order valence-electron chi connectivity index (χ2n) is 7.15. The van der Waals surface area contributed by atoms with Crippen LogP contribution >= 0.6 is 11.8 Å². The van der Waals surface area contributed by atoms with Crippen LogP contribution in [-0.4, -0.2) is 65.0 Å². The smallest absolute Gasteiger partial charge is 0.243 e. The van der Waals surface area contributed by atoms with Crippen molar-refractivity contribution in [2.45, 2.75) is 23.5 Å². The van der Waals surface area contributed by atoms with Crippen LogP contribution in [0.25, 0.3) is 11.0 Å². The highest BCUT2D eigenvalue weighted by atomic mass is 32.2. The van der Waals surface area contributed by atoms with Crippen LogP contribution in [0.5, 0.6) is 0 Å². The third-order valence-corrected chi connectivity index (χ3v) is 8.18. The van der Waals surface area contributed by atoms with Crippen molar-refractivity contribution in [3.8, 4) is 0 Å². The Morgan fingerprint density at radius 1 is 1.06 bits per heavy atom. The Morgan fingerprint density at radius 3 is 2.42 bits per heavy atom. The molecule has 164 valence electrons. The lowest BCUT2D eigenvalue weighted by atomic mass is 10.3. The van der Waals surface area contributed by atoms with Crippen LogP contribution in [0, 0.1) is 5.82 Å². The molecule has 0 aliphatic carbocycles. The summed E-state index contributed by atoms with van der Waals surface area (Å²) in [5.74, 6) is -0.282. The fourth-order valence-electron chi connectivity index (χ4n) is 3.62. The molecule has 0 radical (unpaired) electrons. The molecule has 2 aromatic carbocycles. The number of para-hydroxylation sites is 2. The molecule has 1 aromatic heterocycles. The van der Waals surface area contributed by atoms with Gasteiger partial charge in [-0.2, -0.15) is 4.31 Å². The summed E-state index contributed by atoms with van der Waals surface area (Å²) < 4.78 is 42.0. The van der Waals surface area contributed by atoms with Gasteiger partial charge in [0.1, 0.15) is 5.82 Å². The molecule has 1 amide bonds. The number of hydrogen-bond acceptors (Lipinski definition) is 5. The van der Waals surface area contributed by atoms with E-state index < -0.39 is 15.8 Å². The van der Waals surface area contributed by atoms with Gasteiger partial charge in [0.15, 0.2) is 5.16 Å². The molecule has 0 N–H and O–H groups in total. The number of hydrogen-bond donors (Lipinski definition) is 0. The number of nitrogens with zero attached hydrogens (tertiary/aromatic N) is 4. The largest absolute Gasteiger partial charge is 0.339 e. The lowest BCUT2D eigenvalue weighted by molar-refractivity contribution is -0.129. The summed E-state index contributed by atoms with van der Waals surface area (Å²) in [6, 6.07) is 12.7. The fraction of sp³-hybridized carbons (Fsp3) is 0.333. The van der Waals surface area contributed by atoms with Crippen molar-refractivity contribution in [3.05, 3.63) is 54.3 Å². The summed E-state index contributed by atoms with van der Waals surface area (Å²) in [4.78, 5) is 19.1.